The Morgan fingerprint density at radius 2 is 1.88 bits per heavy atom. The van der Waals surface area contributed by atoms with Gasteiger partial charge in [-0.25, -0.2) is 4.98 Å². The molecule has 4 rings (SSSR count). The first-order valence-electron chi connectivity index (χ1n) is 15.6. The van der Waals surface area contributed by atoms with Gasteiger partial charge in [-0.2, -0.15) is 0 Å². The summed E-state index contributed by atoms with van der Waals surface area (Å²) in [7, 11) is 0. The minimum atomic E-state index is -0.486. The van der Waals surface area contributed by atoms with Gasteiger partial charge in [0, 0.05) is 48.9 Å². The quantitative estimate of drug-likeness (QED) is 0.204. The Bertz CT molecular complexity index is 1200. The summed E-state index contributed by atoms with van der Waals surface area (Å²) in [5.74, 6) is 0.179. The third kappa shape index (κ3) is 10.0. The summed E-state index contributed by atoms with van der Waals surface area (Å²) in [5, 5.41) is 4.81. The number of Topliss-reactive ketones (excluding diaryl/α,β-unsaturated/α-hetero) is 2. The van der Waals surface area contributed by atoms with Gasteiger partial charge in [0.2, 0.25) is 5.91 Å². The number of thiazole rings is 1. The number of benzene rings is 1. The van der Waals surface area contributed by atoms with Gasteiger partial charge in [-0.15, -0.1) is 11.3 Å². The number of amides is 1. The maximum Gasteiger partial charge on any atom is 0.224 e. The van der Waals surface area contributed by atoms with E-state index in [0.717, 1.165) is 41.2 Å². The summed E-state index contributed by atoms with van der Waals surface area (Å²) >= 11 is 7.71. The summed E-state index contributed by atoms with van der Waals surface area (Å²) < 4.78 is 0.981. The van der Waals surface area contributed by atoms with Gasteiger partial charge < -0.3 is 5.32 Å². The Kier molecular flexibility index (Phi) is 12.4. The Hall–Kier alpha value is -2.09. The smallest absolute Gasteiger partial charge is 0.224 e. The molecule has 2 heterocycles. The maximum absolute atomic E-state index is 13.8. The van der Waals surface area contributed by atoms with Crippen LogP contribution in [0.4, 0.5) is 0 Å². The number of hydrogen-bond acceptors (Lipinski definition) is 6. The summed E-state index contributed by atoms with van der Waals surface area (Å²) in [4.78, 5) is 46.6. The number of aromatic nitrogens is 1. The molecule has 224 valence electrons. The number of rotatable bonds is 16. The van der Waals surface area contributed by atoms with E-state index >= 15 is 0 Å². The number of likely N-dealkylation sites (tertiary alicyclic amines) is 1. The summed E-state index contributed by atoms with van der Waals surface area (Å²) in [5.41, 5.74) is 1.53. The molecule has 1 aromatic heterocycles. The fraction of sp³-hybridized carbons (Fsp3) is 0.636. The Labute approximate surface area is 254 Å². The molecule has 8 heteroatoms. The number of nitrogens with one attached hydrogen (secondary N) is 1. The molecule has 2 aromatic rings. The van der Waals surface area contributed by atoms with E-state index in [2.05, 4.69) is 16.8 Å². The monoisotopic (exact) mass is 599 g/mol. The fourth-order valence-corrected chi connectivity index (χ4v) is 7.65. The number of ketones is 2. The zero-order valence-electron chi connectivity index (χ0n) is 24.6. The molecule has 0 spiro atoms. The normalized spacial score (nSPS) is 17.9. The molecule has 1 aliphatic carbocycles. The van der Waals surface area contributed by atoms with Crippen LogP contribution in [0.3, 0.4) is 0 Å². The molecule has 41 heavy (non-hydrogen) atoms. The van der Waals surface area contributed by atoms with E-state index in [9.17, 15) is 14.4 Å². The summed E-state index contributed by atoms with van der Waals surface area (Å²) in [6.07, 6.45) is 12.2. The number of fused-ring (bicyclic) bond motifs is 1. The number of carbonyl (C=O) groups is 3. The second kappa shape index (κ2) is 15.9. The number of halogens is 1. The largest absolute Gasteiger partial charge is 0.353 e. The minimum absolute atomic E-state index is 0.0907. The van der Waals surface area contributed by atoms with Gasteiger partial charge in [-0.1, -0.05) is 57.2 Å². The van der Waals surface area contributed by atoms with E-state index < -0.39 is 5.92 Å². The molecular formula is C33H46ClN3O3S. The highest BCUT2D eigenvalue weighted by atomic mass is 35.5. The predicted molar refractivity (Wildman–Crippen MR) is 169 cm³/mol. The van der Waals surface area contributed by atoms with Crippen LogP contribution in [0.15, 0.2) is 30.4 Å². The third-order valence-electron chi connectivity index (χ3n) is 8.61. The van der Waals surface area contributed by atoms with Crippen molar-refractivity contribution in [1.82, 2.24) is 15.2 Å². The molecule has 1 saturated heterocycles. The van der Waals surface area contributed by atoms with Crippen molar-refractivity contribution in [3.05, 3.63) is 40.4 Å². The number of carbonyl (C=O) groups excluding carboxylic acids is 3. The third-order valence-corrected chi connectivity index (χ3v) is 9.88. The van der Waals surface area contributed by atoms with E-state index in [4.69, 9.17) is 16.6 Å². The highest BCUT2D eigenvalue weighted by Gasteiger charge is 2.28. The topological polar surface area (TPSA) is 79.4 Å². The molecule has 2 fully saturated rings. The molecule has 1 saturated carbocycles. The zero-order chi connectivity index (χ0) is 29.2. The number of nitrogens with zero attached hydrogens (tertiary/aromatic N) is 2. The number of hydrogen-bond donors (Lipinski definition) is 1. The Morgan fingerprint density at radius 1 is 1.12 bits per heavy atom. The van der Waals surface area contributed by atoms with E-state index in [-0.39, 0.29) is 29.9 Å². The van der Waals surface area contributed by atoms with Crippen molar-refractivity contribution >= 4 is 50.6 Å². The molecule has 1 aromatic carbocycles. The van der Waals surface area contributed by atoms with Crippen LogP contribution in [-0.2, 0) is 20.8 Å². The zero-order valence-corrected chi connectivity index (χ0v) is 26.2. The first-order chi connectivity index (χ1) is 19.8. The van der Waals surface area contributed by atoms with Crippen molar-refractivity contribution in [1.29, 1.82) is 0 Å². The van der Waals surface area contributed by atoms with E-state index in [0.29, 0.717) is 48.7 Å². The second-order valence-corrected chi connectivity index (χ2v) is 13.7. The molecule has 0 radical (unpaired) electrons. The van der Waals surface area contributed by atoms with Crippen LogP contribution in [-0.4, -0.2) is 53.0 Å². The van der Waals surface area contributed by atoms with Gasteiger partial charge in [0.15, 0.2) is 5.78 Å². The SMILES string of the molecule is C=C(CN1CCCC1)C(=O)CC[C@H](CC1CCCCC1)NC(=O)[C@@H](CC(=O)CCC)Cc1nc2ccc(Cl)cc2s1. The van der Waals surface area contributed by atoms with E-state index in [1.54, 1.807) is 0 Å². The van der Waals surface area contributed by atoms with Crippen molar-refractivity contribution in [3.63, 3.8) is 0 Å². The summed E-state index contributed by atoms with van der Waals surface area (Å²) in [6.45, 7) is 8.79. The Morgan fingerprint density at radius 3 is 2.61 bits per heavy atom. The first-order valence-corrected chi connectivity index (χ1v) is 16.8. The molecule has 1 amide bonds. The van der Waals surface area contributed by atoms with Crippen molar-refractivity contribution in [2.75, 3.05) is 19.6 Å². The van der Waals surface area contributed by atoms with Gasteiger partial charge in [0.1, 0.15) is 5.78 Å². The van der Waals surface area contributed by atoms with Crippen LogP contribution in [0.25, 0.3) is 10.2 Å². The van der Waals surface area contributed by atoms with Gasteiger partial charge in [0.25, 0.3) is 0 Å². The van der Waals surface area contributed by atoms with Crippen LogP contribution in [0.1, 0.15) is 95.4 Å². The standard InChI is InChI=1S/C33H46ClN3O3S/c1-3-9-28(38)19-25(20-32-36-29-14-12-26(34)21-31(29)41-32)33(40)35-27(18-24-10-5-4-6-11-24)13-15-30(39)23(2)22-37-16-7-8-17-37/h12,14,21,24-25,27H,2-11,13,15-20,22H2,1H3,(H,35,40)/t25-,27+/m0/s1. The summed E-state index contributed by atoms with van der Waals surface area (Å²) in [6, 6.07) is 5.51. The highest BCUT2D eigenvalue weighted by Crippen LogP contribution is 2.30. The predicted octanol–water partition coefficient (Wildman–Crippen LogP) is 7.32. The van der Waals surface area contributed by atoms with E-state index in [1.807, 2.05) is 25.1 Å². The highest BCUT2D eigenvalue weighted by molar-refractivity contribution is 7.18. The van der Waals surface area contributed by atoms with Crippen molar-refractivity contribution in [3.8, 4) is 0 Å². The van der Waals surface area contributed by atoms with Gasteiger partial charge >= 0.3 is 0 Å². The maximum atomic E-state index is 13.8. The molecular weight excluding hydrogens is 554 g/mol. The average molecular weight is 600 g/mol. The van der Waals surface area contributed by atoms with Crippen LogP contribution < -0.4 is 5.32 Å². The van der Waals surface area contributed by atoms with Gasteiger partial charge in [-0.05, 0) is 69.3 Å². The average Bonchev–Trinajstić information content (AvgIpc) is 3.61. The van der Waals surface area contributed by atoms with Crippen molar-refractivity contribution in [2.24, 2.45) is 11.8 Å². The molecule has 1 N–H and O–H groups in total. The fourth-order valence-electron chi connectivity index (χ4n) is 6.33. The lowest BCUT2D eigenvalue weighted by Gasteiger charge is -2.28. The molecule has 2 atom stereocenters. The Balaban J connectivity index is 1.43. The van der Waals surface area contributed by atoms with Crippen molar-refractivity contribution in [2.45, 2.75) is 103 Å². The molecule has 0 unspecified atom stereocenters. The second-order valence-electron chi connectivity index (χ2n) is 12.1. The van der Waals surface area contributed by atoms with Crippen LogP contribution in [0.2, 0.25) is 5.02 Å². The lowest BCUT2D eigenvalue weighted by Crippen LogP contribution is -2.42. The lowest BCUT2D eigenvalue weighted by molar-refractivity contribution is -0.130. The minimum Gasteiger partial charge on any atom is -0.353 e. The van der Waals surface area contributed by atoms with Gasteiger partial charge in [-0.3, -0.25) is 19.3 Å². The molecule has 6 nitrogen and oxygen atoms in total. The van der Waals surface area contributed by atoms with Crippen LogP contribution in [0, 0.1) is 11.8 Å². The molecule has 2 aliphatic rings. The molecule has 1 aliphatic heterocycles. The molecule has 0 bridgehead atoms. The van der Waals surface area contributed by atoms with Crippen LogP contribution in [0.5, 0.6) is 0 Å². The van der Waals surface area contributed by atoms with Crippen LogP contribution >= 0.6 is 22.9 Å². The van der Waals surface area contributed by atoms with Crippen molar-refractivity contribution < 1.29 is 14.4 Å². The lowest BCUT2D eigenvalue weighted by atomic mass is 9.83. The van der Waals surface area contributed by atoms with Gasteiger partial charge in [0.05, 0.1) is 21.1 Å². The van der Waals surface area contributed by atoms with E-state index in [1.165, 1.54) is 56.3 Å². The first kappa shape index (κ1) is 31.8.